The monoisotopic (exact) mass is 353 g/mol. The van der Waals surface area contributed by atoms with Crippen molar-refractivity contribution in [3.8, 4) is 17.2 Å². The summed E-state index contributed by atoms with van der Waals surface area (Å²) in [4.78, 5) is 4.97. The first-order chi connectivity index (χ1) is 13.3. The van der Waals surface area contributed by atoms with Gasteiger partial charge in [0.15, 0.2) is 0 Å². The van der Waals surface area contributed by atoms with E-state index < -0.39 is 0 Å². The number of hydrogen-bond donors (Lipinski definition) is 0. The van der Waals surface area contributed by atoms with Crippen LogP contribution in [0.5, 0.6) is 0 Å². The molecule has 0 N–H and O–H groups in total. The van der Waals surface area contributed by atoms with Crippen molar-refractivity contribution in [3.05, 3.63) is 90.0 Å². The van der Waals surface area contributed by atoms with Gasteiger partial charge in [-0.25, -0.2) is 0 Å². The zero-order valence-corrected chi connectivity index (χ0v) is 15.4. The van der Waals surface area contributed by atoms with Crippen molar-refractivity contribution in [2.45, 2.75) is 6.54 Å². The molecule has 134 valence electrons. The summed E-state index contributed by atoms with van der Waals surface area (Å²) in [6, 6.07) is 29.3. The van der Waals surface area contributed by atoms with Gasteiger partial charge in [0.1, 0.15) is 0 Å². The summed E-state index contributed by atoms with van der Waals surface area (Å²) in [6.07, 6.45) is 0. The van der Waals surface area contributed by atoms with E-state index in [9.17, 15) is 5.26 Å². The van der Waals surface area contributed by atoms with Crippen LogP contribution in [0.4, 0.5) is 5.69 Å². The average Bonchev–Trinajstić information content (AvgIpc) is 2.75. The number of nitrogens with zero attached hydrogens (tertiary/aromatic N) is 3. The molecule has 3 heteroatoms. The van der Waals surface area contributed by atoms with Crippen LogP contribution in [0.2, 0.25) is 0 Å². The van der Waals surface area contributed by atoms with Gasteiger partial charge in [-0.2, -0.15) is 5.26 Å². The van der Waals surface area contributed by atoms with E-state index >= 15 is 0 Å². The minimum atomic E-state index is 0.724. The number of piperazine rings is 1. The Kier molecular flexibility index (Phi) is 5.18. The summed E-state index contributed by atoms with van der Waals surface area (Å²) in [5.74, 6) is 0. The van der Waals surface area contributed by atoms with Crippen LogP contribution in [0.1, 0.15) is 11.1 Å². The molecule has 1 aliphatic rings. The molecule has 0 unspecified atom stereocenters. The molecule has 3 aromatic carbocycles. The Morgan fingerprint density at radius 1 is 0.741 bits per heavy atom. The van der Waals surface area contributed by atoms with Crippen molar-refractivity contribution < 1.29 is 0 Å². The Morgan fingerprint density at radius 2 is 1.41 bits per heavy atom. The Balaban J connectivity index is 1.38. The quantitative estimate of drug-likeness (QED) is 0.689. The lowest BCUT2D eigenvalue weighted by Crippen LogP contribution is -2.45. The average molecular weight is 353 g/mol. The Labute approximate surface area is 161 Å². The largest absolute Gasteiger partial charge is 0.369 e. The highest BCUT2D eigenvalue weighted by atomic mass is 15.3. The van der Waals surface area contributed by atoms with Crippen molar-refractivity contribution >= 4 is 5.69 Å². The van der Waals surface area contributed by atoms with Gasteiger partial charge in [0.25, 0.3) is 0 Å². The van der Waals surface area contributed by atoms with Gasteiger partial charge in [-0.3, -0.25) is 4.90 Å². The fraction of sp³-hybridized carbons (Fsp3) is 0.208. The first-order valence-corrected chi connectivity index (χ1v) is 9.44. The predicted molar refractivity (Wildman–Crippen MR) is 111 cm³/mol. The second-order valence-corrected chi connectivity index (χ2v) is 6.95. The zero-order valence-electron chi connectivity index (χ0n) is 15.4. The van der Waals surface area contributed by atoms with Crippen LogP contribution >= 0.6 is 0 Å². The molecular weight excluding hydrogens is 330 g/mol. The van der Waals surface area contributed by atoms with Gasteiger partial charge in [0, 0.05) is 38.4 Å². The van der Waals surface area contributed by atoms with Gasteiger partial charge in [0.2, 0.25) is 0 Å². The molecule has 27 heavy (non-hydrogen) atoms. The number of rotatable bonds is 4. The number of nitriles is 1. The van der Waals surface area contributed by atoms with Crippen molar-refractivity contribution in [1.29, 1.82) is 5.26 Å². The molecule has 0 spiro atoms. The third-order valence-electron chi connectivity index (χ3n) is 5.21. The fourth-order valence-electron chi connectivity index (χ4n) is 3.68. The van der Waals surface area contributed by atoms with Crippen LogP contribution in [0.3, 0.4) is 0 Å². The third-order valence-corrected chi connectivity index (χ3v) is 5.21. The minimum absolute atomic E-state index is 0.724. The maximum atomic E-state index is 9.29. The molecule has 1 fully saturated rings. The standard InChI is InChI=1S/C24H23N3/c25-18-22-6-4-5-9-24(22)21-12-10-20(11-13-21)19-26-14-16-27(17-15-26)23-7-2-1-3-8-23/h1-13H,14-17,19H2. The van der Waals surface area contributed by atoms with E-state index in [4.69, 9.17) is 0 Å². The first-order valence-electron chi connectivity index (χ1n) is 9.44. The first kappa shape index (κ1) is 17.3. The van der Waals surface area contributed by atoms with Gasteiger partial charge < -0.3 is 4.90 Å². The summed E-state index contributed by atoms with van der Waals surface area (Å²) in [7, 11) is 0. The highest BCUT2D eigenvalue weighted by Gasteiger charge is 2.17. The van der Waals surface area contributed by atoms with E-state index in [0.717, 1.165) is 49.4 Å². The fourth-order valence-corrected chi connectivity index (χ4v) is 3.68. The van der Waals surface area contributed by atoms with Gasteiger partial charge in [-0.1, -0.05) is 60.7 Å². The SMILES string of the molecule is N#Cc1ccccc1-c1ccc(CN2CCN(c3ccccc3)CC2)cc1. The Morgan fingerprint density at radius 3 is 2.11 bits per heavy atom. The topological polar surface area (TPSA) is 30.3 Å². The molecule has 0 radical (unpaired) electrons. The zero-order chi connectivity index (χ0) is 18.5. The molecule has 1 aliphatic heterocycles. The summed E-state index contributed by atoms with van der Waals surface area (Å²) < 4.78 is 0. The smallest absolute Gasteiger partial charge is 0.0998 e. The lowest BCUT2D eigenvalue weighted by molar-refractivity contribution is 0.250. The third kappa shape index (κ3) is 4.02. The Bertz CT molecular complexity index is 918. The summed E-state index contributed by atoms with van der Waals surface area (Å²) >= 11 is 0. The molecule has 0 aromatic heterocycles. The number of anilines is 1. The van der Waals surface area contributed by atoms with Crippen molar-refractivity contribution in [2.24, 2.45) is 0 Å². The van der Waals surface area contributed by atoms with Gasteiger partial charge >= 0.3 is 0 Å². The second kappa shape index (κ2) is 8.07. The summed E-state index contributed by atoms with van der Waals surface area (Å²) in [5, 5.41) is 9.29. The lowest BCUT2D eigenvalue weighted by atomic mass is 9.99. The van der Waals surface area contributed by atoms with Crippen LogP contribution in [0, 0.1) is 11.3 Å². The van der Waals surface area contributed by atoms with Crippen LogP contribution in [0.25, 0.3) is 11.1 Å². The molecule has 1 heterocycles. The lowest BCUT2D eigenvalue weighted by Gasteiger charge is -2.36. The Hall–Kier alpha value is -3.09. The molecular formula is C24H23N3. The van der Waals surface area contributed by atoms with E-state index in [1.54, 1.807) is 0 Å². The molecule has 0 amide bonds. The molecule has 3 nitrogen and oxygen atoms in total. The second-order valence-electron chi connectivity index (χ2n) is 6.95. The maximum Gasteiger partial charge on any atom is 0.0998 e. The number of hydrogen-bond acceptors (Lipinski definition) is 3. The van der Waals surface area contributed by atoms with Gasteiger partial charge in [-0.05, 0) is 34.9 Å². The highest BCUT2D eigenvalue weighted by Crippen LogP contribution is 2.24. The number of para-hydroxylation sites is 1. The normalized spacial score (nSPS) is 14.7. The van der Waals surface area contributed by atoms with Gasteiger partial charge in [-0.15, -0.1) is 0 Å². The predicted octanol–water partition coefficient (Wildman–Crippen LogP) is 4.55. The van der Waals surface area contributed by atoms with E-state index in [0.29, 0.717) is 0 Å². The van der Waals surface area contributed by atoms with Crippen LogP contribution < -0.4 is 4.90 Å². The van der Waals surface area contributed by atoms with Crippen molar-refractivity contribution in [2.75, 3.05) is 31.1 Å². The molecule has 0 atom stereocenters. The summed E-state index contributed by atoms with van der Waals surface area (Å²) in [6.45, 7) is 5.26. The molecule has 3 aromatic rings. The van der Waals surface area contributed by atoms with E-state index in [1.807, 2.05) is 24.3 Å². The molecule has 1 saturated heterocycles. The van der Waals surface area contributed by atoms with Crippen molar-refractivity contribution in [3.63, 3.8) is 0 Å². The highest BCUT2D eigenvalue weighted by molar-refractivity contribution is 5.70. The van der Waals surface area contributed by atoms with Gasteiger partial charge in [0.05, 0.1) is 11.6 Å². The number of benzene rings is 3. The van der Waals surface area contributed by atoms with E-state index in [2.05, 4.69) is 70.5 Å². The van der Waals surface area contributed by atoms with Crippen LogP contribution in [-0.4, -0.2) is 31.1 Å². The van der Waals surface area contributed by atoms with Crippen molar-refractivity contribution in [1.82, 2.24) is 4.90 Å². The van der Waals surface area contributed by atoms with E-state index in [1.165, 1.54) is 11.3 Å². The maximum absolute atomic E-state index is 9.29. The molecule has 4 rings (SSSR count). The molecule has 0 aliphatic carbocycles. The van der Waals surface area contributed by atoms with E-state index in [-0.39, 0.29) is 0 Å². The molecule has 0 saturated carbocycles. The van der Waals surface area contributed by atoms with Crippen LogP contribution in [-0.2, 0) is 6.54 Å². The summed E-state index contributed by atoms with van der Waals surface area (Å²) in [5.41, 5.74) is 5.47. The molecule has 0 bridgehead atoms. The minimum Gasteiger partial charge on any atom is -0.369 e. The van der Waals surface area contributed by atoms with Crippen LogP contribution in [0.15, 0.2) is 78.9 Å².